The van der Waals surface area contributed by atoms with Crippen LogP contribution in [0, 0.1) is 0 Å². The molecule has 8 heteroatoms. The Morgan fingerprint density at radius 3 is 1.97 bits per heavy atom. The number of imidazole rings is 1. The molecule has 0 aliphatic heterocycles. The zero-order valence-corrected chi connectivity index (χ0v) is 21.2. The molecule has 5 N–H and O–H groups in total. The van der Waals surface area contributed by atoms with Crippen LogP contribution in [0.1, 0.15) is 21.5 Å². The lowest BCUT2D eigenvalue weighted by Gasteiger charge is -2.15. The summed E-state index contributed by atoms with van der Waals surface area (Å²) in [5, 5.41) is 30.1. The number of phenolic OH excluding ortho intramolecular Hbond substituents is 2. The Bertz CT molecular complexity index is 1600. The van der Waals surface area contributed by atoms with E-state index >= 15 is 0 Å². The maximum absolute atomic E-state index is 11.6. The summed E-state index contributed by atoms with van der Waals surface area (Å²) in [7, 11) is 1.61. The minimum Gasteiger partial charge on any atom is -0.508 e. The molecule has 4 aromatic carbocycles. The summed E-state index contributed by atoms with van der Waals surface area (Å²) >= 11 is 0. The number of nitrogens with two attached hydrogens (primary N) is 1. The molecule has 1 amide bonds. The molecule has 0 saturated carbocycles. The largest absolute Gasteiger partial charge is 0.508 e. The number of primary amides is 1. The van der Waals surface area contributed by atoms with Crippen molar-refractivity contribution in [1.29, 1.82) is 0 Å². The van der Waals surface area contributed by atoms with Gasteiger partial charge >= 0.3 is 0 Å². The van der Waals surface area contributed by atoms with E-state index in [1.807, 2.05) is 65.2 Å². The minimum absolute atomic E-state index is 0.0742. The van der Waals surface area contributed by atoms with E-state index in [0.29, 0.717) is 34.9 Å². The van der Waals surface area contributed by atoms with Gasteiger partial charge in [-0.1, -0.05) is 36.4 Å². The first-order valence-electron chi connectivity index (χ1n) is 12.2. The number of aliphatic hydroxyl groups is 1. The monoisotopic (exact) mass is 521 g/mol. The van der Waals surface area contributed by atoms with Crippen molar-refractivity contribution in [2.45, 2.75) is 13.2 Å². The second-order valence-electron chi connectivity index (χ2n) is 9.10. The van der Waals surface area contributed by atoms with Gasteiger partial charge in [0.25, 0.3) is 0 Å². The number of methoxy groups -OCH3 is 1. The molecule has 0 spiro atoms. The predicted octanol–water partition coefficient (Wildman–Crippen LogP) is 4.94. The lowest BCUT2D eigenvalue weighted by atomic mass is 10.0. The summed E-state index contributed by atoms with van der Waals surface area (Å²) in [5.74, 6) is 0.536. The van der Waals surface area contributed by atoms with Gasteiger partial charge in [0, 0.05) is 34.9 Å². The predicted molar refractivity (Wildman–Crippen MR) is 148 cm³/mol. The van der Waals surface area contributed by atoms with Crippen LogP contribution in [0.5, 0.6) is 17.2 Å². The lowest BCUT2D eigenvalue weighted by molar-refractivity contribution is 0.1000. The van der Waals surface area contributed by atoms with E-state index in [9.17, 15) is 20.1 Å². The Hall–Kier alpha value is -5.08. The Balaban J connectivity index is 1.77. The Morgan fingerprint density at radius 1 is 0.821 bits per heavy atom. The molecule has 0 saturated heterocycles. The topological polar surface area (TPSA) is 131 Å². The maximum atomic E-state index is 11.6. The number of hydrogen-bond donors (Lipinski definition) is 4. The third-order valence-corrected chi connectivity index (χ3v) is 6.48. The van der Waals surface area contributed by atoms with Crippen molar-refractivity contribution >= 4 is 5.91 Å². The fraction of sp³-hybridized carbons (Fsp3) is 0.0968. The fourth-order valence-corrected chi connectivity index (χ4v) is 4.52. The molecule has 5 rings (SSSR count). The molecule has 0 fully saturated rings. The molecule has 0 aliphatic carbocycles. The summed E-state index contributed by atoms with van der Waals surface area (Å²) in [5.41, 5.74) is 11.2. The molecule has 0 radical (unpaired) electrons. The Kier molecular flexibility index (Phi) is 7.03. The van der Waals surface area contributed by atoms with Crippen molar-refractivity contribution in [3.05, 3.63) is 108 Å². The molecular weight excluding hydrogens is 494 g/mol. The van der Waals surface area contributed by atoms with Crippen molar-refractivity contribution in [2.75, 3.05) is 7.11 Å². The summed E-state index contributed by atoms with van der Waals surface area (Å²) in [4.78, 5) is 16.6. The van der Waals surface area contributed by atoms with Crippen molar-refractivity contribution < 1.29 is 24.9 Å². The highest BCUT2D eigenvalue weighted by atomic mass is 16.5. The fourth-order valence-electron chi connectivity index (χ4n) is 4.52. The SMILES string of the molecule is COc1ccc(-c2c(-c3ccc(CO)cc3)nc(-c3cc(O)cc(O)c3)n2Cc2ccc(C(N)=O)cc2)cc1. The van der Waals surface area contributed by atoms with Crippen LogP contribution in [0.4, 0.5) is 0 Å². The molecule has 0 aliphatic rings. The van der Waals surface area contributed by atoms with E-state index in [1.54, 1.807) is 31.4 Å². The van der Waals surface area contributed by atoms with Crippen LogP contribution in [-0.4, -0.2) is 37.9 Å². The minimum atomic E-state index is -0.507. The molecule has 196 valence electrons. The quantitative estimate of drug-likeness (QED) is 0.229. The van der Waals surface area contributed by atoms with E-state index in [2.05, 4.69) is 0 Å². The van der Waals surface area contributed by atoms with E-state index in [-0.39, 0.29) is 18.1 Å². The summed E-state index contributed by atoms with van der Waals surface area (Å²) < 4.78 is 7.37. The zero-order valence-electron chi connectivity index (χ0n) is 21.2. The molecule has 0 bridgehead atoms. The van der Waals surface area contributed by atoms with Crippen molar-refractivity contribution in [2.24, 2.45) is 5.73 Å². The molecule has 1 heterocycles. The normalized spacial score (nSPS) is 10.9. The van der Waals surface area contributed by atoms with Crippen LogP contribution in [-0.2, 0) is 13.2 Å². The van der Waals surface area contributed by atoms with E-state index in [4.69, 9.17) is 15.5 Å². The van der Waals surface area contributed by atoms with E-state index < -0.39 is 5.91 Å². The Labute approximate surface area is 225 Å². The molecule has 5 aromatic rings. The van der Waals surface area contributed by atoms with Gasteiger partial charge in [0.2, 0.25) is 5.91 Å². The lowest BCUT2D eigenvalue weighted by Crippen LogP contribution is -2.11. The zero-order chi connectivity index (χ0) is 27.5. The van der Waals surface area contributed by atoms with Crippen LogP contribution in [0.3, 0.4) is 0 Å². The number of aliphatic hydroxyl groups excluding tert-OH is 1. The number of aromatic hydroxyl groups is 2. The summed E-state index contributed by atoms with van der Waals surface area (Å²) in [6.07, 6.45) is 0. The smallest absolute Gasteiger partial charge is 0.248 e. The highest BCUT2D eigenvalue weighted by Gasteiger charge is 2.22. The standard InChI is InChI=1S/C31H27N3O5/c1-39-27-12-10-22(11-13-27)29-28(21-6-4-20(18-35)5-7-21)33-31(24-14-25(36)16-26(37)15-24)34(29)17-19-2-8-23(9-3-19)30(32)38/h2-16,35-37H,17-18H2,1H3,(H2,32,38). The van der Waals surface area contributed by atoms with Gasteiger partial charge in [-0.25, -0.2) is 4.98 Å². The first-order valence-corrected chi connectivity index (χ1v) is 12.2. The molecule has 0 unspecified atom stereocenters. The van der Waals surface area contributed by atoms with Gasteiger partial charge in [0.15, 0.2) is 0 Å². The van der Waals surface area contributed by atoms with Crippen molar-refractivity contribution in [1.82, 2.24) is 9.55 Å². The number of phenols is 2. The number of benzene rings is 4. The number of aromatic nitrogens is 2. The summed E-state index contributed by atoms with van der Waals surface area (Å²) in [6, 6.07) is 26.5. The van der Waals surface area contributed by atoms with Gasteiger partial charge in [-0.15, -0.1) is 0 Å². The van der Waals surface area contributed by atoms with Gasteiger partial charge in [-0.3, -0.25) is 4.79 Å². The molecule has 8 nitrogen and oxygen atoms in total. The van der Waals surface area contributed by atoms with Gasteiger partial charge < -0.3 is 30.4 Å². The van der Waals surface area contributed by atoms with Gasteiger partial charge in [-0.2, -0.15) is 0 Å². The van der Waals surface area contributed by atoms with Gasteiger partial charge in [-0.05, 0) is 59.7 Å². The van der Waals surface area contributed by atoms with Crippen LogP contribution in [0.25, 0.3) is 33.9 Å². The third-order valence-electron chi connectivity index (χ3n) is 6.48. The average Bonchev–Trinajstić information content (AvgIpc) is 3.32. The van der Waals surface area contributed by atoms with E-state index in [1.165, 1.54) is 6.07 Å². The highest BCUT2D eigenvalue weighted by molar-refractivity contribution is 5.92. The van der Waals surface area contributed by atoms with Crippen LogP contribution in [0.15, 0.2) is 91.0 Å². The molecular formula is C31H27N3O5. The summed E-state index contributed by atoms with van der Waals surface area (Å²) in [6.45, 7) is 0.295. The molecule has 39 heavy (non-hydrogen) atoms. The van der Waals surface area contributed by atoms with Crippen molar-refractivity contribution in [3.63, 3.8) is 0 Å². The van der Waals surface area contributed by atoms with Crippen LogP contribution in [0.2, 0.25) is 0 Å². The molecule has 0 atom stereocenters. The number of ether oxygens (including phenoxy) is 1. The van der Waals surface area contributed by atoms with Gasteiger partial charge in [0.1, 0.15) is 23.1 Å². The second kappa shape index (κ2) is 10.7. The average molecular weight is 522 g/mol. The molecule has 1 aromatic heterocycles. The van der Waals surface area contributed by atoms with Crippen molar-refractivity contribution in [3.8, 4) is 51.2 Å². The highest BCUT2D eigenvalue weighted by Crippen LogP contribution is 2.39. The number of amides is 1. The number of carbonyl (C=O) groups is 1. The van der Waals surface area contributed by atoms with Crippen LogP contribution < -0.4 is 10.5 Å². The maximum Gasteiger partial charge on any atom is 0.248 e. The number of carbonyl (C=O) groups excluding carboxylic acids is 1. The number of nitrogens with zero attached hydrogens (tertiary/aromatic N) is 2. The van der Waals surface area contributed by atoms with E-state index in [0.717, 1.165) is 27.9 Å². The first kappa shape index (κ1) is 25.6. The van der Waals surface area contributed by atoms with Gasteiger partial charge in [0.05, 0.1) is 25.1 Å². The third kappa shape index (κ3) is 5.32. The van der Waals surface area contributed by atoms with Crippen LogP contribution >= 0.6 is 0 Å². The Morgan fingerprint density at radius 2 is 1.41 bits per heavy atom. The number of hydrogen-bond acceptors (Lipinski definition) is 6. The first-order chi connectivity index (χ1) is 18.9. The number of rotatable bonds is 8. The second-order valence-corrected chi connectivity index (χ2v) is 9.10.